The average Bonchev–Trinajstić information content (AvgIpc) is 3.32. The number of anilines is 1. The Kier molecular flexibility index (Phi) is 10.6. The normalized spacial score (nSPS) is 11.5. The number of nitrogens with one attached hydrogen (secondary N) is 1. The predicted octanol–water partition coefficient (Wildman–Crippen LogP) is 6.59. The van der Waals surface area contributed by atoms with Crippen LogP contribution in [0.1, 0.15) is 34.8 Å². The second-order valence-electron chi connectivity index (χ2n) is 7.97. The molecular weight excluding hydrogens is 542 g/mol. The number of hydrogen-bond acceptors (Lipinski definition) is 6. The summed E-state index contributed by atoms with van der Waals surface area (Å²) in [5.41, 5.74) is 1.80. The van der Waals surface area contributed by atoms with Crippen molar-refractivity contribution in [1.82, 2.24) is 4.98 Å². The highest BCUT2D eigenvalue weighted by atomic mass is 35.5. The van der Waals surface area contributed by atoms with E-state index in [0.717, 1.165) is 11.3 Å². The van der Waals surface area contributed by atoms with Crippen LogP contribution in [0.25, 0.3) is 17.3 Å². The van der Waals surface area contributed by atoms with Gasteiger partial charge in [-0.05, 0) is 49.6 Å². The minimum absolute atomic E-state index is 0.0445. The summed E-state index contributed by atoms with van der Waals surface area (Å²) < 4.78 is 25.5. The number of halogens is 3. The van der Waals surface area contributed by atoms with Gasteiger partial charge in [0.05, 0.1) is 29.0 Å². The maximum atomic E-state index is 15.1. The van der Waals surface area contributed by atoms with Crippen LogP contribution in [-0.4, -0.2) is 48.9 Å². The molecule has 0 radical (unpaired) electrons. The lowest BCUT2D eigenvalue weighted by Crippen LogP contribution is -2.12. The molecule has 1 heterocycles. The van der Waals surface area contributed by atoms with Crippen LogP contribution in [0.4, 0.5) is 9.52 Å². The number of ether oxygens (including phenoxy) is 2. The molecule has 3 rings (SSSR count). The molecule has 0 aliphatic carbocycles. The van der Waals surface area contributed by atoms with Crippen LogP contribution in [0, 0.1) is 5.82 Å². The number of carboxylic acid groups (broad SMARTS) is 1. The number of aromatic nitrogens is 1. The first-order valence-electron chi connectivity index (χ1n) is 11.2. The van der Waals surface area contributed by atoms with Gasteiger partial charge in [-0.2, -0.15) is 0 Å². The van der Waals surface area contributed by atoms with Gasteiger partial charge in [-0.15, -0.1) is 11.3 Å². The molecule has 1 amide bonds. The molecule has 0 aliphatic rings. The fourth-order valence-electron chi connectivity index (χ4n) is 3.34. The van der Waals surface area contributed by atoms with Gasteiger partial charge in [0.15, 0.2) is 5.13 Å². The van der Waals surface area contributed by atoms with Crippen LogP contribution in [0.2, 0.25) is 10.0 Å². The Morgan fingerprint density at radius 2 is 1.92 bits per heavy atom. The van der Waals surface area contributed by atoms with Crippen LogP contribution < -0.4 is 5.32 Å². The number of hydrogen-bond donors (Lipinski definition) is 2. The first kappa shape index (κ1) is 28.7. The van der Waals surface area contributed by atoms with Gasteiger partial charge in [0.2, 0.25) is 0 Å². The lowest BCUT2D eigenvalue weighted by molar-refractivity contribution is -0.132. The van der Waals surface area contributed by atoms with E-state index in [0.29, 0.717) is 55.0 Å². The molecule has 11 heteroatoms. The van der Waals surface area contributed by atoms with Gasteiger partial charge in [-0.25, -0.2) is 14.2 Å². The van der Waals surface area contributed by atoms with Crippen LogP contribution in [-0.2, 0) is 20.7 Å². The van der Waals surface area contributed by atoms with E-state index in [4.69, 9.17) is 37.8 Å². The highest BCUT2D eigenvalue weighted by Crippen LogP contribution is 2.31. The van der Waals surface area contributed by atoms with Crippen molar-refractivity contribution >= 4 is 57.6 Å². The molecule has 0 bridgehead atoms. The molecular formula is C26H25Cl2FN2O5S. The molecule has 0 saturated heterocycles. The second kappa shape index (κ2) is 13.6. The maximum absolute atomic E-state index is 15.1. The van der Waals surface area contributed by atoms with Crippen molar-refractivity contribution in [2.75, 3.05) is 32.2 Å². The predicted molar refractivity (Wildman–Crippen MR) is 144 cm³/mol. The van der Waals surface area contributed by atoms with Gasteiger partial charge in [0.1, 0.15) is 5.82 Å². The van der Waals surface area contributed by atoms with Crippen molar-refractivity contribution in [2.24, 2.45) is 0 Å². The molecule has 37 heavy (non-hydrogen) atoms. The molecule has 196 valence electrons. The maximum Gasteiger partial charge on any atom is 0.331 e. The Morgan fingerprint density at radius 1 is 1.19 bits per heavy atom. The molecule has 2 N–H and O–H groups in total. The summed E-state index contributed by atoms with van der Waals surface area (Å²) in [5.74, 6) is -1.98. The number of nitrogens with zero attached hydrogens (tertiary/aromatic N) is 1. The third-order valence-corrected chi connectivity index (χ3v) is 6.67. The van der Waals surface area contributed by atoms with E-state index in [1.165, 1.54) is 25.1 Å². The summed E-state index contributed by atoms with van der Waals surface area (Å²) in [6, 6.07) is 7.91. The van der Waals surface area contributed by atoms with E-state index in [-0.39, 0.29) is 32.1 Å². The van der Waals surface area contributed by atoms with Crippen LogP contribution >= 0.6 is 34.5 Å². The van der Waals surface area contributed by atoms with E-state index < -0.39 is 11.9 Å². The standard InChI is InChI=1S/C26H25Cl2FN2O5S/c1-15(25(33)34)11-19-20(27)12-17(13-21(19)28)24(32)31-26-30-22(14-37-26)18-7-3-5-16(23(18)29)6-4-8-36-10-9-35-2/h3,5,7,11-14H,4,6,8-10H2,1-2H3,(H,33,34)(H,30,31,32)/b15-11+. The molecule has 1 aromatic heterocycles. The molecule has 2 aromatic carbocycles. The van der Waals surface area contributed by atoms with Gasteiger partial charge in [0.25, 0.3) is 5.91 Å². The minimum atomic E-state index is -1.11. The summed E-state index contributed by atoms with van der Waals surface area (Å²) in [6.07, 6.45) is 2.51. The van der Waals surface area contributed by atoms with Gasteiger partial charge in [-0.1, -0.05) is 35.3 Å². The lowest BCUT2D eigenvalue weighted by Gasteiger charge is -2.08. The van der Waals surface area contributed by atoms with E-state index in [1.807, 2.05) is 0 Å². The Labute approximate surface area is 227 Å². The molecule has 0 saturated carbocycles. The van der Waals surface area contributed by atoms with Crippen molar-refractivity contribution in [3.8, 4) is 11.3 Å². The summed E-state index contributed by atoms with van der Waals surface area (Å²) in [6.45, 7) is 2.93. The van der Waals surface area contributed by atoms with E-state index >= 15 is 4.39 Å². The van der Waals surface area contributed by atoms with Gasteiger partial charge < -0.3 is 14.6 Å². The number of carbonyl (C=O) groups is 2. The summed E-state index contributed by atoms with van der Waals surface area (Å²) >= 11 is 13.6. The third-order valence-electron chi connectivity index (χ3n) is 5.29. The Morgan fingerprint density at radius 3 is 2.59 bits per heavy atom. The van der Waals surface area contributed by atoms with Crippen LogP contribution in [0.15, 0.2) is 41.3 Å². The number of aryl methyl sites for hydroxylation is 1. The lowest BCUT2D eigenvalue weighted by atomic mass is 10.0. The van der Waals surface area contributed by atoms with Crippen molar-refractivity contribution in [3.63, 3.8) is 0 Å². The fourth-order valence-corrected chi connectivity index (χ4v) is 4.64. The van der Waals surface area contributed by atoms with Crippen LogP contribution in [0.5, 0.6) is 0 Å². The number of benzene rings is 2. The number of aliphatic carboxylic acids is 1. The first-order chi connectivity index (χ1) is 17.7. The topological polar surface area (TPSA) is 97.8 Å². The smallest absolute Gasteiger partial charge is 0.331 e. The number of carboxylic acids is 1. The zero-order valence-electron chi connectivity index (χ0n) is 20.1. The molecule has 0 atom stereocenters. The molecule has 7 nitrogen and oxygen atoms in total. The zero-order chi connectivity index (χ0) is 26.9. The summed E-state index contributed by atoms with van der Waals surface area (Å²) in [7, 11) is 1.60. The number of methoxy groups -OCH3 is 1. The Hall–Kier alpha value is -2.82. The van der Waals surface area contributed by atoms with Gasteiger partial charge >= 0.3 is 5.97 Å². The van der Waals surface area contributed by atoms with E-state index in [9.17, 15) is 9.59 Å². The average molecular weight is 567 g/mol. The monoisotopic (exact) mass is 566 g/mol. The van der Waals surface area contributed by atoms with Crippen molar-refractivity contribution in [3.05, 3.63) is 73.8 Å². The van der Waals surface area contributed by atoms with Crippen molar-refractivity contribution < 1.29 is 28.6 Å². The van der Waals surface area contributed by atoms with Crippen LogP contribution in [0.3, 0.4) is 0 Å². The van der Waals surface area contributed by atoms with E-state index in [2.05, 4.69) is 10.3 Å². The third kappa shape index (κ3) is 7.83. The minimum Gasteiger partial charge on any atom is -0.478 e. The Balaban J connectivity index is 1.70. The molecule has 3 aromatic rings. The summed E-state index contributed by atoms with van der Waals surface area (Å²) in [5, 5.41) is 13.9. The highest BCUT2D eigenvalue weighted by molar-refractivity contribution is 7.14. The van der Waals surface area contributed by atoms with E-state index in [1.54, 1.807) is 30.7 Å². The zero-order valence-corrected chi connectivity index (χ0v) is 22.5. The quantitative estimate of drug-likeness (QED) is 0.189. The fraction of sp³-hybridized carbons (Fsp3) is 0.269. The highest BCUT2D eigenvalue weighted by Gasteiger charge is 2.17. The molecule has 0 unspecified atom stereocenters. The van der Waals surface area contributed by atoms with Gasteiger partial charge in [0, 0.05) is 41.4 Å². The van der Waals surface area contributed by atoms with Crippen molar-refractivity contribution in [2.45, 2.75) is 19.8 Å². The number of thiazole rings is 1. The Bertz CT molecular complexity index is 1290. The molecule has 0 spiro atoms. The summed E-state index contributed by atoms with van der Waals surface area (Å²) in [4.78, 5) is 28.2. The number of carbonyl (C=O) groups excluding carboxylic acids is 1. The molecule has 0 aliphatic heterocycles. The second-order valence-corrected chi connectivity index (χ2v) is 9.64. The first-order valence-corrected chi connectivity index (χ1v) is 12.9. The number of rotatable bonds is 12. The van der Waals surface area contributed by atoms with Crippen molar-refractivity contribution in [1.29, 1.82) is 0 Å². The SMILES string of the molecule is COCCOCCCc1cccc(-c2csc(NC(=O)c3cc(Cl)c(/C=C(\C)C(=O)O)c(Cl)c3)n2)c1F. The largest absolute Gasteiger partial charge is 0.478 e. The van der Waals surface area contributed by atoms with Gasteiger partial charge in [-0.3, -0.25) is 10.1 Å². The molecule has 0 fully saturated rings. The number of amides is 1.